The van der Waals surface area contributed by atoms with Crippen molar-refractivity contribution in [1.82, 2.24) is 0 Å². The van der Waals surface area contributed by atoms with Gasteiger partial charge in [-0.25, -0.2) is 24.0 Å². The number of ether oxygens (including phenoxy) is 6. The molecule has 0 aliphatic heterocycles. The zero-order valence-electron chi connectivity index (χ0n) is 36.1. The molecule has 5 aromatic rings. The van der Waals surface area contributed by atoms with E-state index in [9.17, 15) is 28.8 Å². The van der Waals surface area contributed by atoms with E-state index < -0.39 is 12.3 Å². The van der Waals surface area contributed by atoms with Crippen molar-refractivity contribution in [3.63, 3.8) is 0 Å². The maximum absolute atomic E-state index is 11.6. The second-order valence-electron chi connectivity index (χ2n) is 10.6. The molecule has 0 aliphatic carbocycles. The van der Waals surface area contributed by atoms with Gasteiger partial charge in [0.05, 0.1) is 44.1 Å². The third kappa shape index (κ3) is 46.1. The first-order valence-electron chi connectivity index (χ1n) is 17.8. The number of carboxylic acid groups (broad SMARTS) is 3. The van der Waals surface area contributed by atoms with Crippen molar-refractivity contribution in [2.75, 3.05) is 27.4 Å². The fraction of sp³-hybridized carbons (Fsp3) is 0.178. The van der Waals surface area contributed by atoms with Gasteiger partial charge in [0.1, 0.15) is 11.5 Å². The molecule has 0 heterocycles. The average molecular weight is 985 g/mol. The first-order chi connectivity index (χ1) is 29.1. The molecule has 0 radical (unpaired) electrons. The van der Waals surface area contributed by atoms with Gasteiger partial charge in [0.25, 0.3) is 0 Å². The molecule has 0 unspecified atom stereocenters. The van der Waals surface area contributed by atoms with Crippen LogP contribution in [0.25, 0.3) is 0 Å². The van der Waals surface area contributed by atoms with Gasteiger partial charge >= 0.3 is 42.2 Å². The topological polar surface area (TPSA) is 267 Å². The van der Waals surface area contributed by atoms with Gasteiger partial charge in [-0.05, 0) is 74.5 Å². The van der Waals surface area contributed by atoms with Gasteiger partial charge in [-0.3, -0.25) is 9.59 Å². The molecule has 0 amide bonds. The van der Waals surface area contributed by atoms with Crippen LogP contribution < -0.4 is 9.47 Å². The Bertz CT molecular complexity index is 1960. The SMILES string of the molecule is CCOC(=O)c1ccccc1.CCOC(C)=O.COC(=O)c1ccccc1.COC(C)=O.O.O=C(O)O.O=C(O)Oc1ccccc1.O=C(Oc1ccccc1)c1ccccc1.[Ar].[Ar].[Ar]. The molecular weight excluding hydrogens is 932 g/mol. The number of rotatable bonds is 7. The summed E-state index contributed by atoms with van der Waals surface area (Å²) in [5.41, 5.74) is 1.75. The number of hydrogen-bond acceptors (Lipinski definition) is 13. The van der Waals surface area contributed by atoms with Gasteiger partial charge in [0.15, 0.2) is 0 Å². The maximum Gasteiger partial charge on any atom is 0.511 e. The Kier molecular flexibility index (Phi) is 54.7. The first kappa shape index (κ1) is 72.3. The van der Waals surface area contributed by atoms with Crippen LogP contribution in [0.15, 0.2) is 152 Å². The zero-order valence-corrected chi connectivity index (χ0v) is 38.2. The Morgan fingerprint density at radius 2 is 0.692 bits per heavy atom. The molecular formula is C45H52Ar3O17. The molecule has 0 bridgehead atoms. The van der Waals surface area contributed by atoms with Gasteiger partial charge < -0.3 is 49.2 Å². The van der Waals surface area contributed by atoms with Crippen LogP contribution in [-0.2, 0) is 28.5 Å². The van der Waals surface area contributed by atoms with Gasteiger partial charge in [0.2, 0.25) is 0 Å². The molecule has 0 saturated carbocycles. The standard InChI is InChI=1S/C13H10O2.C9H10O2.C8H8O2.C7H6O3.C4H8O2.C3H6O2.CH2O3.3Ar.H2O/c14-13(11-7-3-1-4-8-11)15-12-9-5-2-6-10-12;1-2-11-9(10)8-6-4-3-5-7-8;1-10-8(9)7-5-3-2-4-6-7;8-7(9)10-6-4-2-1-3-5-6;1-3-6-4(2)5;1-3(4)5-2;2-1(3)4;;;;/h1-10H;3-7H,2H2,1H3;2-6H,1H3;1-5H,(H,8,9);3H2,1-2H3;1-2H3;(H2,2,3,4);;;;1H2. The first-order valence-corrected chi connectivity index (χ1v) is 17.8. The number of esters is 5. The molecule has 0 aromatic heterocycles. The summed E-state index contributed by atoms with van der Waals surface area (Å²) in [5.74, 6) is -0.431. The minimum atomic E-state index is -1.83. The number of carbonyl (C=O) groups is 7. The summed E-state index contributed by atoms with van der Waals surface area (Å²) in [6.07, 6.45) is -3.12. The van der Waals surface area contributed by atoms with Crippen molar-refractivity contribution in [3.05, 3.63) is 168 Å². The van der Waals surface area contributed by atoms with Crippen LogP contribution in [0.3, 0.4) is 0 Å². The molecule has 20 heteroatoms. The van der Waals surface area contributed by atoms with Gasteiger partial charge in [0, 0.05) is 127 Å². The van der Waals surface area contributed by atoms with Gasteiger partial charge in [-0.15, -0.1) is 0 Å². The fourth-order valence-corrected chi connectivity index (χ4v) is 3.50. The van der Waals surface area contributed by atoms with Crippen molar-refractivity contribution in [2.45, 2.75) is 27.7 Å². The molecule has 0 spiro atoms. The average Bonchev–Trinajstić information content (AvgIpc) is 3.26. The fourth-order valence-electron chi connectivity index (χ4n) is 3.50. The van der Waals surface area contributed by atoms with Crippen LogP contribution in [0.4, 0.5) is 9.59 Å². The van der Waals surface area contributed by atoms with Crippen LogP contribution in [0, 0.1) is 113 Å². The molecule has 5 aromatic carbocycles. The molecule has 0 atom stereocenters. The van der Waals surface area contributed by atoms with E-state index in [1.807, 2.05) is 60.7 Å². The van der Waals surface area contributed by atoms with Crippen LogP contribution in [-0.4, -0.2) is 90.4 Å². The largest absolute Gasteiger partial charge is 0.511 e. The number of hydrogen-bond donors (Lipinski definition) is 3. The predicted molar refractivity (Wildman–Crippen MR) is 227 cm³/mol. The molecule has 17 nitrogen and oxygen atoms in total. The van der Waals surface area contributed by atoms with E-state index in [1.54, 1.807) is 105 Å². The molecule has 358 valence electrons. The Labute approximate surface area is 467 Å². The zero-order chi connectivity index (χ0) is 46.3. The van der Waals surface area contributed by atoms with Gasteiger partial charge in [-0.1, -0.05) is 91.0 Å². The molecule has 0 aliphatic rings. The van der Waals surface area contributed by atoms with Crippen LogP contribution in [0.2, 0.25) is 0 Å². The van der Waals surface area contributed by atoms with E-state index in [1.165, 1.54) is 28.1 Å². The Balaban J connectivity index is -0.000000160. The van der Waals surface area contributed by atoms with E-state index in [-0.39, 0.29) is 149 Å². The summed E-state index contributed by atoms with van der Waals surface area (Å²) < 4.78 is 27.3. The minimum Gasteiger partial charge on any atom is -0.469 e. The van der Waals surface area contributed by atoms with E-state index in [2.05, 4.69) is 18.9 Å². The molecule has 5 N–H and O–H groups in total. The van der Waals surface area contributed by atoms with E-state index >= 15 is 0 Å². The maximum atomic E-state index is 11.6. The summed E-state index contributed by atoms with van der Waals surface area (Å²) in [6, 6.07) is 44.1. The van der Waals surface area contributed by atoms with Gasteiger partial charge in [-0.2, -0.15) is 0 Å². The molecule has 0 saturated heterocycles. The van der Waals surface area contributed by atoms with Crippen LogP contribution in [0.1, 0.15) is 58.8 Å². The van der Waals surface area contributed by atoms with E-state index in [0.29, 0.717) is 41.4 Å². The van der Waals surface area contributed by atoms with Crippen LogP contribution >= 0.6 is 0 Å². The minimum absolute atomic E-state index is 0. The Morgan fingerprint density at radius 1 is 0.415 bits per heavy atom. The normalized spacial score (nSPS) is 8.09. The van der Waals surface area contributed by atoms with Crippen molar-refractivity contribution in [1.29, 1.82) is 0 Å². The molecule has 65 heavy (non-hydrogen) atoms. The second kappa shape index (κ2) is 49.2. The summed E-state index contributed by atoms with van der Waals surface area (Å²) in [5, 5.41) is 22.1. The number of methoxy groups -OCH3 is 2. The van der Waals surface area contributed by atoms with Crippen molar-refractivity contribution in [2.24, 2.45) is 0 Å². The van der Waals surface area contributed by atoms with E-state index in [4.69, 9.17) is 29.6 Å². The van der Waals surface area contributed by atoms with Crippen molar-refractivity contribution >= 4 is 42.2 Å². The number of para-hydroxylation sites is 2. The summed E-state index contributed by atoms with van der Waals surface area (Å²) in [6.45, 7) is 7.23. The monoisotopic (exact) mass is 984 g/mol. The number of carbonyl (C=O) groups excluding carboxylic acids is 5. The smallest absolute Gasteiger partial charge is 0.469 e. The summed E-state index contributed by atoms with van der Waals surface area (Å²) >= 11 is 0. The third-order valence-electron chi connectivity index (χ3n) is 6.03. The second-order valence-corrected chi connectivity index (χ2v) is 10.6. The van der Waals surface area contributed by atoms with Crippen molar-refractivity contribution in [3.8, 4) is 11.5 Å². The Morgan fingerprint density at radius 3 is 0.938 bits per heavy atom. The van der Waals surface area contributed by atoms with Crippen LogP contribution in [0.5, 0.6) is 11.5 Å². The molecule has 5 rings (SSSR count). The van der Waals surface area contributed by atoms with E-state index in [0.717, 1.165) is 0 Å². The third-order valence-corrected chi connectivity index (χ3v) is 6.03. The molecule has 0 fully saturated rings. The summed E-state index contributed by atoms with van der Waals surface area (Å²) in [4.78, 5) is 71.3. The summed E-state index contributed by atoms with van der Waals surface area (Å²) in [7, 11) is 2.72. The quantitative estimate of drug-likeness (QED) is 0.0601. The predicted octanol–water partition coefficient (Wildman–Crippen LogP) is 8.13. The number of benzene rings is 5. The Hall–Kier alpha value is -4.27. The van der Waals surface area contributed by atoms with Crippen molar-refractivity contribution < 1.29 is 196 Å².